The second kappa shape index (κ2) is 6.53. The summed E-state index contributed by atoms with van der Waals surface area (Å²) in [5.41, 5.74) is 6.10. The van der Waals surface area contributed by atoms with Crippen LogP contribution in [0, 0.1) is 17.8 Å². The van der Waals surface area contributed by atoms with Gasteiger partial charge in [0.25, 0.3) is 0 Å². The van der Waals surface area contributed by atoms with Crippen LogP contribution in [0.4, 0.5) is 0 Å². The van der Waals surface area contributed by atoms with Crippen LogP contribution in [-0.4, -0.2) is 31.8 Å². The van der Waals surface area contributed by atoms with E-state index in [2.05, 4.69) is 6.92 Å². The van der Waals surface area contributed by atoms with Gasteiger partial charge in [-0.05, 0) is 37.5 Å². The standard InChI is InChI=1S/C14H25NO3/c1-2-3-6-17-7-8-18-14(16)12-10-4-5-11(9-10)13(12)15/h10-13H,2-9,15H2,1H3. The minimum Gasteiger partial charge on any atom is -0.463 e. The Labute approximate surface area is 109 Å². The Hall–Kier alpha value is -0.610. The summed E-state index contributed by atoms with van der Waals surface area (Å²) >= 11 is 0. The van der Waals surface area contributed by atoms with Crippen LogP contribution in [0.2, 0.25) is 0 Å². The Morgan fingerprint density at radius 2 is 2.00 bits per heavy atom. The van der Waals surface area contributed by atoms with E-state index in [-0.39, 0.29) is 17.9 Å². The fraction of sp³-hybridized carbons (Fsp3) is 0.929. The lowest BCUT2D eigenvalue weighted by molar-refractivity contribution is -0.152. The highest BCUT2D eigenvalue weighted by molar-refractivity contribution is 5.74. The zero-order valence-corrected chi connectivity index (χ0v) is 11.3. The van der Waals surface area contributed by atoms with Gasteiger partial charge in [-0.25, -0.2) is 0 Å². The molecule has 0 radical (unpaired) electrons. The average molecular weight is 255 g/mol. The molecule has 2 fully saturated rings. The molecule has 2 rings (SSSR count). The number of hydrogen-bond donors (Lipinski definition) is 1. The summed E-state index contributed by atoms with van der Waals surface area (Å²) in [6.07, 6.45) is 5.64. The highest BCUT2D eigenvalue weighted by atomic mass is 16.6. The molecule has 4 heteroatoms. The number of fused-ring (bicyclic) bond motifs is 2. The molecule has 0 saturated heterocycles. The van der Waals surface area contributed by atoms with E-state index in [4.69, 9.17) is 15.2 Å². The van der Waals surface area contributed by atoms with E-state index in [0.717, 1.165) is 32.3 Å². The smallest absolute Gasteiger partial charge is 0.310 e. The molecule has 0 amide bonds. The second-order valence-corrected chi connectivity index (χ2v) is 5.57. The van der Waals surface area contributed by atoms with Crippen LogP contribution >= 0.6 is 0 Å². The highest BCUT2D eigenvalue weighted by Crippen LogP contribution is 2.47. The van der Waals surface area contributed by atoms with Gasteiger partial charge in [-0.15, -0.1) is 0 Å². The summed E-state index contributed by atoms with van der Waals surface area (Å²) in [4.78, 5) is 12.0. The van der Waals surface area contributed by atoms with Gasteiger partial charge in [0.05, 0.1) is 12.5 Å². The Bertz CT molecular complexity index is 280. The molecule has 4 nitrogen and oxygen atoms in total. The Morgan fingerprint density at radius 3 is 2.67 bits per heavy atom. The molecule has 2 bridgehead atoms. The predicted molar refractivity (Wildman–Crippen MR) is 69.0 cm³/mol. The van der Waals surface area contributed by atoms with Gasteiger partial charge in [0.1, 0.15) is 6.61 Å². The summed E-state index contributed by atoms with van der Waals surface area (Å²) in [6.45, 7) is 3.74. The molecule has 2 saturated carbocycles. The Morgan fingerprint density at radius 1 is 1.22 bits per heavy atom. The molecule has 0 aromatic rings. The lowest BCUT2D eigenvalue weighted by Gasteiger charge is -2.26. The molecule has 0 heterocycles. The van der Waals surface area contributed by atoms with Crippen molar-refractivity contribution in [2.75, 3.05) is 19.8 Å². The normalized spacial score (nSPS) is 33.9. The summed E-state index contributed by atoms with van der Waals surface area (Å²) in [5.74, 6) is 0.861. The van der Waals surface area contributed by atoms with Crippen LogP contribution in [0.1, 0.15) is 39.0 Å². The van der Waals surface area contributed by atoms with Crippen molar-refractivity contribution in [2.45, 2.75) is 45.1 Å². The van der Waals surface area contributed by atoms with Crippen LogP contribution in [0.5, 0.6) is 0 Å². The topological polar surface area (TPSA) is 61.5 Å². The number of hydrogen-bond acceptors (Lipinski definition) is 4. The number of nitrogens with two attached hydrogens (primary N) is 1. The van der Waals surface area contributed by atoms with Gasteiger partial charge in [-0.2, -0.15) is 0 Å². The summed E-state index contributed by atoms with van der Waals surface area (Å²) in [6, 6.07) is 0.0252. The maximum Gasteiger partial charge on any atom is 0.310 e. The minimum absolute atomic E-state index is 0.0252. The van der Waals surface area contributed by atoms with Gasteiger partial charge < -0.3 is 15.2 Å². The lowest BCUT2D eigenvalue weighted by atomic mass is 9.85. The number of ether oxygens (including phenoxy) is 2. The first-order chi connectivity index (χ1) is 8.74. The number of rotatable bonds is 7. The van der Waals surface area contributed by atoms with Crippen LogP contribution in [0.15, 0.2) is 0 Å². The predicted octanol–water partition coefficient (Wildman–Crippen LogP) is 1.72. The second-order valence-electron chi connectivity index (χ2n) is 5.57. The van der Waals surface area contributed by atoms with Crippen molar-refractivity contribution in [3.8, 4) is 0 Å². The molecule has 104 valence electrons. The Kier molecular flexibility index (Phi) is 5.01. The quantitative estimate of drug-likeness (QED) is 0.556. The van der Waals surface area contributed by atoms with Gasteiger partial charge in [-0.3, -0.25) is 4.79 Å². The van der Waals surface area contributed by atoms with Gasteiger partial charge >= 0.3 is 5.97 Å². The van der Waals surface area contributed by atoms with Crippen molar-refractivity contribution >= 4 is 5.97 Å². The fourth-order valence-corrected chi connectivity index (χ4v) is 3.33. The maximum absolute atomic E-state index is 12.0. The average Bonchev–Trinajstić information content (AvgIpc) is 2.94. The van der Waals surface area contributed by atoms with Gasteiger partial charge in [-0.1, -0.05) is 13.3 Å². The molecular formula is C14H25NO3. The summed E-state index contributed by atoms with van der Waals surface area (Å²) in [7, 11) is 0. The summed E-state index contributed by atoms with van der Waals surface area (Å²) in [5, 5.41) is 0. The van der Waals surface area contributed by atoms with Crippen LogP contribution < -0.4 is 5.73 Å². The largest absolute Gasteiger partial charge is 0.463 e. The first-order valence-corrected chi connectivity index (χ1v) is 7.24. The molecule has 18 heavy (non-hydrogen) atoms. The van der Waals surface area contributed by atoms with Crippen LogP contribution in [-0.2, 0) is 14.3 Å². The van der Waals surface area contributed by atoms with E-state index in [1.54, 1.807) is 0 Å². The monoisotopic (exact) mass is 255 g/mol. The van der Waals surface area contributed by atoms with Crippen molar-refractivity contribution in [1.29, 1.82) is 0 Å². The lowest BCUT2D eigenvalue weighted by Crippen LogP contribution is -2.41. The number of esters is 1. The van der Waals surface area contributed by atoms with Gasteiger partial charge in [0.15, 0.2) is 0 Å². The molecule has 2 aliphatic rings. The van der Waals surface area contributed by atoms with Crippen LogP contribution in [0.25, 0.3) is 0 Å². The molecule has 2 N–H and O–H groups in total. The van der Waals surface area contributed by atoms with E-state index < -0.39 is 0 Å². The van der Waals surface area contributed by atoms with Crippen molar-refractivity contribution in [2.24, 2.45) is 23.5 Å². The van der Waals surface area contributed by atoms with Crippen molar-refractivity contribution in [1.82, 2.24) is 0 Å². The van der Waals surface area contributed by atoms with E-state index in [1.165, 1.54) is 6.42 Å². The van der Waals surface area contributed by atoms with Crippen molar-refractivity contribution in [3.63, 3.8) is 0 Å². The fourth-order valence-electron chi connectivity index (χ4n) is 3.33. The molecule has 4 atom stereocenters. The number of unbranched alkanes of at least 4 members (excludes halogenated alkanes) is 1. The van der Waals surface area contributed by atoms with Gasteiger partial charge in [0.2, 0.25) is 0 Å². The zero-order chi connectivity index (χ0) is 13.0. The minimum atomic E-state index is -0.103. The van der Waals surface area contributed by atoms with Crippen molar-refractivity contribution in [3.05, 3.63) is 0 Å². The molecule has 0 aromatic carbocycles. The molecule has 2 aliphatic carbocycles. The SMILES string of the molecule is CCCCOCCOC(=O)C1C2CCC(C2)C1N. The third kappa shape index (κ3) is 3.04. The number of carbonyl (C=O) groups excluding carboxylic acids is 1. The van der Waals surface area contributed by atoms with E-state index >= 15 is 0 Å². The molecular weight excluding hydrogens is 230 g/mol. The van der Waals surface area contributed by atoms with E-state index in [9.17, 15) is 4.79 Å². The third-order valence-electron chi connectivity index (χ3n) is 4.37. The molecule has 0 spiro atoms. The Balaban J connectivity index is 1.63. The maximum atomic E-state index is 12.0. The highest BCUT2D eigenvalue weighted by Gasteiger charge is 2.49. The molecule has 0 aromatic heterocycles. The molecule has 4 unspecified atom stereocenters. The van der Waals surface area contributed by atoms with Gasteiger partial charge in [0, 0.05) is 12.6 Å². The van der Waals surface area contributed by atoms with E-state index in [1.807, 2.05) is 0 Å². The third-order valence-corrected chi connectivity index (χ3v) is 4.37. The first-order valence-electron chi connectivity index (χ1n) is 7.24. The van der Waals surface area contributed by atoms with E-state index in [0.29, 0.717) is 25.0 Å². The zero-order valence-electron chi connectivity index (χ0n) is 11.3. The summed E-state index contributed by atoms with van der Waals surface area (Å²) < 4.78 is 10.7. The van der Waals surface area contributed by atoms with Crippen LogP contribution in [0.3, 0.4) is 0 Å². The number of carbonyl (C=O) groups is 1. The molecule has 0 aliphatic heterocycles. The van der Waals surface area contributed by atoms with Crippen molar-refractivity contribution < 1.29 is 14.3 Å². The first kappa shape index (κ1) is 13.8.